The molecule has 0 aromatic rings. The number of rotatable bonds is 56. The highest BCUT2D eigenvalue weighted by Gasteiger charge is 2.24. The van der Waals surface area contributed by atoms with Crippen molar-refractivity contribution in [1.82, 2.24) is 19.6 Å². The quantitative estimate of drug-likeness (QED) is 0.0270. The molecule has 1 rings (SSSR count). The first-order chi connectivity index (χ1) is 40.6. The van der Waals surface area contributed by atoms with Crippen molar-refractivity contribution < 1.29 is 109 Å². The Morgan fingerprint density at radius 3 is 0.714 bits per heavy atom. The summed E-state index contributed by atoms with van der Waals surface area (Å²) in [5.41, 5.74) is 0. The van der Waals surface area contributed by atoms with Crippen LogP contribution < -0.4 is 0 Å². The van der Waals surface area contributed by atoms with Crippen LogP contribution in [0.3, 0.4) is 0 Å². The van der Waals surface area contributed by atoms with Crippen LogP contribution in [-0.2, 0) is 37.9 Å². The van der Waals surface area contributed by atoms with E-state index < -0.39 is 55.9 Å². The molecule has 2 unspecified atom stereocenters. The van der Waals surface area contributed by atoms with E-state index in [0.29, 0.717) is 137 Å². The Morgan fingerprint density at radius 1 is 0.286 bits per heavy atom. The summed E-state index contributed by atoms with van der Waals surface area (Å²) >= 11 is 0. The lowest BCUT2D eigenvalue weighted by Gasteiger charge is -2.36. The van der Waals surface area contributed by atoms with Crippen molar-refractivity contribution in [2.75, 3.05) is 204 Å². The minimum Gasteiger partial charge on any atom is -0.396 e. The lowest BCUT2D eigenvalue weighted by Crippen LogP contribution is -2.48. The van der Waals surface area contributed by atoms with Crippen LogP contribution in [0.2, 0.25) is 0 Å². The van der Waals surface area contributed by atoms with Crippen LogP contribution in [0, 0.1) is 5.92 Å². The van der Waals surface area contributed by atoms with Crippen molar-refractivity contribution in [3.63, 3.8) is 0 Å². The third kappa shape index (κ3) is 45.2. The average molecular weight is 1230 g/mol. The monoisotopic (exact) mass is 1220 g/mol. The molecule has 26 heteroatoms. The van der Waals surface area contributed by atoms with Gasteiger partial charge in [-0.15, -0.1) is 0 Å². The molecule has 1 heterocycles. The van der Waals surface area contributed by atoms with Crippen molar-refractivity contribution in [2.45, 2.75) is 164 Å². The van der Waals surface area contributed by atoms with Crippen LogP contribution >= 0.6 is 0 Å². The molecule has 0 saturated carbocycles. The first-order valence-corrected chi connectivity index (χ1v) is 31.3. The van der Waals surface area contributed by atoms with Gasteiger partial charge in [0, 0.05) is 138 Å². The number of ether oxygens (including phenoxy) is 8. The van der Waals surface area contributed by atoms with Crippen LogP contribution in [0.15, 0.2) is 0 Å². The minimum absolute atomic E-state index is 0.0408. The van der Waals surface area contributed by atoms with Gasteiger partial charge >= 0.3 is 0 Å². The third-order valence-electron chi connectivity index (χ3n) is 15.0. The summed E-state index contributed by atoms with van der Waals surface area (Å²) in [4.78, 5) is 9.63. The zero-order valence-electron chi connectivity index (χ0n) is 51.4. The molecule has 26 nitrogen and oxygen atoms in total. The molecule has 14 N–H and O–H groups in total. The van der Waals surface area contributed by atoms with Crippen LogP contribution in [0.4, 0.5) is 0 Å². The van der Waals surface area contributed by atoms with Crippen LogP contribution in [0.1, 0.15) is 97.3 Å². The summed E-state index contributed by atoms with van der Waals surface area (Å²) in [5, 5.41) is 137. The molecule has 504 valence electrons. The number of aliphatic hydroxyl groups excluding tert-OH is 14. The summed E-state index contributed by atoms with van der Waals surface area (Å²) in [6.07, 6.45) is -1.81. The normalized spacial score (nSPS) is 19.4. The Bertz CT molecular complexity index is 1200. The fourth-order valence-electron chi connectivity index (χ4n) is 8.77. The number of aliphatic hydroxyl groups is 14. The van der Waals surface area contributed by atoms with Gasteiger partial charge < -0.3 is 129 Å². The molecule has 84 heavy (non-hydrogen) atoms. The van der Waals surface area contributed by atoms with Gasteiger partial charge in [0.05, 0.1) is 133 Å². The van der Waals surface area contributed by atoms with E-state index in [-0.39, 0.29) is 168 Å². The molecule has 0 bridgehead atoms. The lowest BCUT2D eigenvalue weighted by atomic mass is 10.1. The second kappa shape index (κ2) is 54.9. The second-order valence-electron chi connectivity index (χ2n) is 22.5. The first kappa shape index (κ1) is 81.0. The van der Waals surface area contributed by atoms with E-state index >= 15 is 0 Å². The molecular weight excluding hydrogens is 1100 g/mol. The number of hydrogen-bond donors (Lipinski definition) is 14. The summed E-state index contributed by atoms with van der Waals surface area (Å²) < 4.78 is 49.1. The highest BCUT2D eigenvalue weighted by atomic mass is 16.5. The van der Waals surface area contributed by atoms with Crippen molar-refractivity contribution in [1.29, 1.82) is 0 Å². The highest BCUT2D eigenvalue weighted by molar-refractivity contribution is 4.77. The molecule has 0 amide bonds. The maximum absolute atomic E-state index is 10.4. The average Bonchev–Trinajstić information content (AvgIpc) is 3.56. The van der Waals surface area contributed by atoms with E-state index in [2.05, 4.69) is 19.6 Å². The second-order valence-corrected chi connectivity index (χ2v) is 22.5. The third-order valence-corrected chi connectivity index (χ3v) is 15.0. The molecule has 1 fully saturated rings. The molecule has 0 radical (unpaired) electrons. The maximum atomic E-state index is 10.4. The smallest absolute Gasteiger partial charge is 0.0820 e. The van der Waals surface area contributed by atoms with Crippen molar-refractivity contribution in [3.8, 4) is 0 Å². The van der Waals surface area contributed by atoms with E-state index in [4.69, 9.17) is 37.9 Å². The molecule has 1 saturated heterocycles. The fourth-order valence-corrected chi connectivity index (χ4v) is 8.77. The van der Waals surface area contributed by atoms with Gasteiger partial charge in [0.1, 0.15) is 0 Å². The van der Waals surface area contributed by atoms with Crippen molar-refractivity contribution in [3.05, 3.63) is 0 Å². The Hall–Kier alpha value is -1.04. The van der Waals surface area contributed by atoms with Crippen molar-refractivity contribution >= 4 is 0 Å². The SMILES string of the molecule is CC[C@H](O)CCOC(CCN1CCN(CCC(COCC[C@@H](O)CO)OCC[C@@H](O)CO)CCN(CC[C@H](COCC[C@@H](O)CO)OCC[C@@H](C)CO)CCN(CC[C@H](COCC[C@@H](O)CO)OCC[C@@H](O)CO)CC1)COCC[C@@H](O)CO. The van der Waals surface area contributed by atoms with Gasteiger partial charge in [0.2, 0.25) is 0 Å². The molecule has 1 aliphatic rings. The minimum atomic E-state index is -0.933. The van der Waals surface area contributed by atoms with Gasteiger partial charge in [0.25, 0.3) is 0 Å². The van der Waals surface area contributed by atoms with Crippen LogP contribution in [0.25, 0.3) is 0 Å². The van der Waals surface area contributed by atoms with Crippen LogP contribution in [0.5, 0.6) is 0 Å². The summed E-state index contributed by atoms with van der Waals surface area (Å²) in [7, 11) is 0. The summed E-state index contributed by atoms with van der Waals surface area (Å²) in [6.45, 7) is 12.5. The Labute approximate surface area is 502 Å². The molecule has 0 spiro atoms. The molecule has 0 aliphatic carbocycles. The highest BCUT2D eigenvalue weighted by Crippen LogP contribution is 2.14. The summed E-state index contributed by atoms with van der Waals surface area (Å²) in [5.74, 6) is 0.0536. The standard InChI is InChI=1S/C58H120N4O22/c1-3-48(70)13-33-82-56(44-78-29-10-50(72)38-65)5-17-60-24-26-61(18-6-57(83-34-14-53(75)41-68)45-79-30-11-51(73)39-66)22-20-59(16-4-55(81-32-8-47(2)36-63)43-77-28-9-49(71)37-64)21-23-62(27-25-60)19-7-58(84-35-15-54(76)42-69)46-80-31-12-52(74)40-67/h47-58,63-76H,3-46H2,1-2H3/t47-,48+,49-,50-,51-,52-,53-,54-,55-,56?,57-,58?/m1/s1. The topological polar surface area (TPSA) is 370 Å². The Balaban J connectivity index is 3.71. The van der Waals surface area contributed by atoms with E-state index in [1.54, 1.807) is 0 Å². The molecule has 0 aromatic heterocycles. The number of hydrogen-bond acceptors (Lipinski definition) is 26. The molecular formula is C58H120N4O22. The van der Waals surface area contributed by atoms with Gasteiger partial charge in [-0.1, -0.05) is 13.8 Å². The maximum Gasteiger partial charge on any atom is 0.0820 e. The van der Waals surface area contributed by atoms with Gasteiger partial charge in [0.15, 0.2) is 0 Å². The first-order valence-electron chi connectivity index (χ1n) is 31.3. The molecule has 0 aromatic carbocycles. The van der Waals surface area contributed by atoms with Gasteiger partial charge in [-0.3, -0.25) is 0 Å². The predicted octanol–water partition coefficient (Wildman–Crippen LogP) is -2.99. The van der Waals surface area contributed by atoms with Crippen molar-refractivity contribution in [2.24, 2.45) is 5.92 Å². The van der Waals surface area contributed by atoms with Crippen LogP contribution in [-0.4, -0.2) is 362 Å². The Morgan fingerprint density at radius 2 is 0.500 bits per heavy atom. The fraction of sp³-hybridized carbons (Fsp3) is 1.00. The van der Waals surface area contributed by atoms with E-state index in [1.807, 2.05) is 13.8 Å². The molecule has 1 aliphatic heterocycles. The lowest BCUT2D eigenvalue weighted by molar-refractivity contribution is -0.0459. The zero-order chi connectivity index (χ0) is 62.0. The van der Waals surface area contributed by atoms with E-state index in [1.165, 1.54) is 0 Å². The van der Waals surface area contributed by atoms with Gasteiger partial charge in [-0.05, 0) is 89.4 Å². The van der Waals surface area contributed by atoms with E-state index in [0.717, 1.165) is 0 Å². The Kier molecular flexibility index (Phi) is 52.9. The predicted molar refractivity (Wildman–Crippen MR) is 315 cm³/mol. The largest absolute Gasteiger partial charge is 0.396 e. The molecule has 12 atom stereocenters. The summed E-state index contributed by atoms with van der Waals surface area (Å²) in [6, 6.07) is 0. The van der Waals surface area contributed by atoms with E-state index in [9.17, 15) is 71.5 Å². The van der Waals surface area contributed by atoms with Gasteiger partial charge in [-0.2, -0.15) is 0 Å². The zero-order valence-corrected chi connectivity index (χ0v) is 51.4. The number of nitrogens with zero attached hydrogens (tertiary/aromatic N) is 4. The van der Waals surface area contributed by atoms with Gasteiger partial charge in [-0.25, -0.2) is 0 Å².